The summed E-state index contributed by atoms with van der Waals surface area (Å²) in [6.45, 7) is 4.39. The highest BCUT2D eigenvalue weighted by Crippen LogP contribution is 2.25. The van der Waals surface area contributed by atoms with Crippen LogP contribution in [-0.2, 0) is 13.0 Å². The molecule has 3 rings (SSSR count). The van der Waals surface area contributed by atoms with Crippen LogP contribution in [0.2, 0.25) is 0 Å². The average molecular weight is 206 g/mol. The van der Waals surface area contributed by atoms with Crippen molar-refractivity contribution in [2.75, 3.05) is 26.7 Å². The first-order valence-electron chi connectivity index (χ1n) is 5.80. The van der Waals surface area contributed by atoms with Gasteiger partial charge in [0.2, 0.25) is 0 Å². The van der Waals surface area contributed by atoms with E-state index >= 15 is 0 Å². The lowest BCUT2D eigenvalue weighted by atomic mass is 10.1. The van der Waals surface area contributed by atoms with E-state index in [-0.39, 0.29) is 0 Å². The van der Waals surface area contributed by atoms with Crippen molar-refractivity contribution in [2.45, 2.75) is 25.3 Å². The number of rotatable bonds is 1. The van der Waals surface area contributed by atoms with Crippen molar-refractivity contribution >= 4 is 0 Å². The van der Waals surface area contributed by atoms with Crippen molar-refractivity contribution in [1.82, 2.24) is 20.2 Å². The van der Waals surface area contributed by atoms with Crippen molar-refractivity contribution in [3.05, 3.63) is 17.2 Å². The average Bonchev–Trinajstić information content (AvgIpc) is 2.82. The highest BCUT2D eigenvalue weighted by molar-refractivity contribution is 5.20. The number of hydrogen-bond acceptors (Lipinski definition) is 3. The zero-order valence-corrected chi connectivity index (χ0v) is 9.21. The Kier molecular flexibility index (Phi) is 2.25. The summed E-state index contributed by atoms with van der Waals surface area (Å²) in [5.41, 5.74) is 2.60. The number of imidazole rings is 1. The van der Waals surface area contributed by atoms with E-state index in [0.29, 0.717) is 5.92 Å². The monoisotopic (exact) mass is 206 g/mol. The SMILES string of the molecule is CN1CCC(c2nc3c([nH]2)CNCC3)C1. The number of H-pyrrole nitrogens is 1. The lowest BCUT2D eigenvalue weighted by Gasteiger charge is -2.09. The molecule has 0 aliphatic carbocycles. The molecule has 0 bridgehead atoms. The van der Waals surface area contributed by atoms with E-state index in [9.17, 15) is 0 Å². The molecule has 82 valence electrons. The minimum absolute atomic E-state index is 0.626. The van der Waals surface area contributed by atoms with Crippen molar-refractivity contribution in [3.8, 4) is 0 Å². The maximum absolute atomic E-state index is 4.74. The van der Waals surface area contributed by atoms with Gasteiger partial charge in [-0.3, -0.25) is 0 Å². The zero-order valence-electron chi connectivity index (χ0n) is 9.21. The number of nitrogens with zero attached hydrogens (tertiary/aromatic N) is 2. The number of aromatic amines is 1. The molecule has 2 aliphatic heterocycles. The third-order valence-corrected chi connectivity index (χ3v) is 3.50. The van der Waals surface area contributed by atoms with Gasteiger partial charge in [-0.05, 0) is 20.0 Å². The molecule has 0 aromatic carbocycles. The fraction of sp³-hybridized carbons (Fsp3) is 0.727. The Balaban J connectivity index is 1.83. The molecule has 1 saturated heterocycles. The van der Waals surface area contributed by atoms with Gasteiger partial charge in [-0.2, -0.15) is 0 Å². The van der Waals surface area contributed by atoms with E-state index < -0.39 is 0 Å². The largest absolute Gasteiger partial charge is 0.344 e. The number of likely N-dealkylation sites (tertiary alicyclic amines) is 1. The van der Waals surface area contributed by atoms with Crippen LogP contribution in [0.5, 0.6) is 0 Å². The normalized spacial score (nSPS) is 26.9. The summed E-state index contributed by atoms with van der Waals surface area (Å²) < 4.78 is 0. The Bertz CT molecular complexity index is 334. The molecule has 2 aliphatic rings. The molecule has 2 N–H and O–H groups in total. The highest BCUT2D eigenvalue weighted by atomic mass is 15.1. The Morgan fingerprint density at radius 2 is 2.40 bits per heavy atom. The molecular formula is C11H18N4. The molecule has 1 aromatic heterocycles. The van der Waals surface area contributed by atoms with Gasteiger partial charge in [0.15, 0.2) is 0 Å². The van der Waals surface area contributed by atoms with Gasteiger partial charge < -0.3 is 15.2 Å². The summed E-state index contributed by atoms with van der Waals surface area (Å²) in [7, 11) is 2.18. The number of hydrogen-bond donors (Lipinski definition) is 2. The molecule has 3 heterocycles. The third-order valence-electron chi connectivity index (χ3n) is 3.50. The van der Waals surface area contributed by atoms with Gasteiger partial charge in [-0.15, -0.1) is 0 Å². The lowest BCUT2D eigenvalue weighted by Crippen LogP contribution is -2.23. The summed E-state index contributed by atoms with van der Waals surface area (Å²) in [6.07, 6.45) is 2.32. The highest BCUT2D eigenvalue weighted by Gasteiger charge is 2.25. The molecule has 1 aromatic rings. The second-order valence-corrected chi connectivity index (χ2v) is 4.72. The first-order valence-corrected chi connectivity index (χ1v) is 5.80. The fourth-order valence-electron chi connectivity index (χ4n) is 2.59. The smallest absolute Gasteiger partial charge is 0.111 e. The summed E-state index contributed by atoms with van der Waals surface area (Å²) in [6, 6.07) is 0. The maximum atomic E-state index is 4.74. The minimum Gasteiger partial charge on any atom is -0.344 e. The van der Waals surface area contributed by atoms with Gasteiger partial charge in [0.25, 0.3) is 0 Å². The second kappa shape index (κ2) is 3.61. The summed E-state index contributed by atoms with van der Waals surface area (Å²) in [5.74, 6) is 1.84. The molecule has 1 fully saturated rings. The minimum atomic E-state index is 0.626. The van der Waals surface area contributed by atoms with Crippen molar-refractivity contribution in [1.29, 1.82) is 0 Å². The van der Waals surface area contributed by atoms with Crippen molar-refractivity contribution in [2.24, 2.45) is 0 Å². The number of likely N-dealkylation sites (N-methyl/N-ethyl adjacent to an activating group) is 1. The van der Waals surface area contributed by atoms with Crippen molar-refractivity contribution in [3.63, 3.8) is 0 Å². The molecule has 0 spiro atoms. The predicted octanol–water partition coefficient (Wildman–Crippen LogP) is 0.474. The predicted molar refractivity (Wildman–Crippen MR) is 58.9 cm³/mol. The van der Waals surface area contributed by atoms with Gasteiger partial charge in [0, 0.05) is 32.0 Å². The van der Waals surface area contributed by atoms with E-state index in [2.05, 4.69) is 22.2 Å². The topological polar surface area (TPSA) is 44.0 Å². The number of nitrogens with one attached hydrogen (secondary N) is 2. The molecule has 15 heavy (non-hydrogen) atoms. The first-order chi connectivity index (χ1) is 7.33. The maximum Gasteiger partial charge on any atom is 0.111 e. The second-order valence-electron chi connectivity index (χ2n) is 4.72. The summed E-state index contributed by atoms with van der Waals surface area (Å²) >= 11 is 0. The van der Waals surface area contributed by atoms with Gasteiger partial charge >= 0.3 is 0 Å². The van der Waals surface area contributed by atoms with Crippen LogP contribution in [0.25, 0.3) is 0 Å². The van der Waals surface area contributed by atoms with Crippen LogP contribution in [0.1, 0.15) is 29.6 Å². The van der Waals surface area contributed by atoms with E-state index in [1.165, 1.54) is 30.2 Å². The summed E-state index contributed by atoms with van der Waals surface area (Å²) in [4.78, 5) is 10.6. The molecule has 4 nitrogen and oxygen atoms in total. The first kappa shape index (κ1) is 9.36. The molecule has 0 saturated carbocycles. The van der Waals surface area contributed by atoms with E-state index in [1.807, 2.05) is 0 Å². The molecule has 1 atom stereocenters. The van der Waals surface area contributed by atoms with E-state index in [1.54, 1.807) is 0 Å². The Morgan fingerprint density at radius 3 is 3.13 bits per heavy atom. The quantitative estimate of drug-likeness (QED) is 0.702. The van der Waals surface area contributed by atoms with Crippen LogP contribution in [0, 0.1) is 0 Å². The Labute approximate surface area is 90.1 Å². The van der Waals surface area contributed by atoms with Crippen LogP contribution in [0.15, 0.2) is 0 Å². The standard InChI is InChI=1S/C11H18N4/c1-15-5-3-8(7-15)11-13-9-2-4-12-6-10(9)14-11/h8,12H,2-7H2,1H3,(H,13,14). The van der Waals surface area contributed by atoms with Gasteiger partial charge in [0.05, 0.1) is 11.4 Å². The lowest BCUT2D eigenvalue weighted by molar-refractivity contribution is 0.410. The fourth-order valence-corrected chi connectivity index (χ4v) is 2.59. The van der Waals surface area contributed by atoms with Gasteiger partial charge in [-0.1, -0.05) is 0 Å². The molecular weight excluding hydrogens is 188 g/mol. The Hall–Kier alpha value is -0.870. The number of fused-ring (bicyclic) bond motifs is 1. The number of aromatic nitrogens is 2. The molecule has 1 unspecified atom stereocenters. The van der Waals surface area contributed by atoms with Gasteiger partial charge in [-0.25, -0.2) is 4.98 Å². The molecule has 4 heteroatoms. The van der Waals surface area contributed by atoms with Crippen LogP contribution < -0.4 is 5.32 Å². The van der Waals surface area contributed by atoms with Gasteiger partial charge in [0.1, 0.15) is 5.82 Å². The van der Waals surface area contributed by atoms with Crippen molar-refractivity contribution < 1.29 is 0 Å². The molecule has 0 amide bonds. The van der Waals surface area contributed by atoms with Crippen LogP contribution in [-0.4, -0.2) is 41.5 Å². The summed E-state index contributed by atoms with van der Waals surface area (Å²) in [5, 5.41) is 3.37. The van der Waals surface area contributed by atoms with Crippen LogP contribution >= 0.6 is 0 Å². The Morgan fingerprint density at radius 1 is 1.47 bits per heavy atom. The van der Waals surface area contributed by atoms with Crippen LogP contribution in [0.3, 0.4) is 0 Å². The van der Waals surface area contributed by atoms with Crippen LogP contribution in [0.4, 0.5) is 0 Å². The molecule has 0 radical (unpaired) electrons. The van der Waals surface area contributed by atoms with E-state index in [4.69, 9.17) is 4.98 Å². The third kappa shape index (κ3) is 1.68. The van der Waals surface area contributed by atoms with E-state index in [0.717, 1.165) is 26.1 Å². The zero-order chi connectivity index (χ0) is 10.3.